The highest BCUT2D eigenvalue weighted by Gasteiger charge is 2.02. The van der Waals surface area contributed by atoms with E-state index < -0.39 is 5.91 Å². The third-order valence-electron chi connectivity index (χ3n) is 1.47. The third-order valence-corrected chi connectivity index (χ3v) is 1.47. The Kier molecular flexibility index (Phi) is 2.99. The summed E-state index contributed by atoms with van der Waals surface area (Å²) >= 11 is 0. The van der Waals surface area contributed by atoms with Crippen LogP contribution in [0.4, 0.5) is 5.69 Å². The van der Waals surface area contributed by atoms with E-state index in [1.165, 1.54) is 17.6 Å². The molecule has 5 heteroatoms. The van der Waals surface area contributed by atoms with Gasteiger partial charge in [-0.2, -0.15) is 0 Å². The highest BCUT2D eigenvalue weighted by Crippen LogP contribution is 2.07. The zero-order valence-corrected chi connectivity index (χ0v) is 6.65. The zero-order chi connectivity index (χ0) is 9.68. The van der Waals surface area contributed by atoms with Crippen molar-refractivity contribution in [3.05, 3.63) is 29.8 Å². The van der Waals surface area contributed by atoms with E-state index in [0.29, 0.717) is 17.7 Å². The van der Waals surface area contributed by atoms with Gasteiger partial charge in [-0.15, -0.1) is 0 Å². The standard InChI is InChI=1S/C8H8N2O3/c11-5-9-7-3-1-6(2-4-7)8(12)10-13/h1-5,13H,(H,9,11)(H,10,12). The molecule has 0 unspecified atom stereocenters. The first-order valence-electron chi connectivity index (χ1n) is 3.52. The van der Waals surface area contributed by atoms with Gasteiger partial charge in [-0.3, -0.25) is 14.8 Å². The fourth-order valence-electron chi connectivity index (χ4n) is 0.850. The van der Waals surface area contributed by atoms with Crippen LogP contribution in [0.3, 0.4) is 0 Å². The average molecular weight is 180 g/mol. The summed E-state index contributed by atoms with van der Waals surface area (Å²) in [6.07, 6.45) is 0.543. The fourth-order valence-corrected chi connectivity index (χ4v) is 0.850. The van der Waals surface area contributed by atoms with Crippen LogP contribution in [0.25, 0.3) is 0 Å². The second-order valence-electron chi connectivity index (χ2n) is 2.28. The molecule has 0 aliphatic heterocycles. The molecule has 0 bridgehead atoms. The number of benzene rings is 1. The van der Waals surface area contributed by atoms with Gasteiger partial charge in [0.2, 0.25) is 6.41 Å². The summed E-state index contributed by atoms with van der Waals surface area (Å²) in [4.78, 5) is 20.9. The number of hydrogen-bond acceptors (Lipinski definition) is 3. The predicted molar refractivity (Wildman–Crippen MR) is 45.4 cm³/mol. The van der Waals surface area contributed by atoms with Crippen molar-refractivity contribution in [2.75, 3.05) is 5.32 Å². The molecule has 1 aromatic rings. The lowest BCUT2D eigenvalue weighted by Crippen LogP contribution is -2.18. The molecule has 0 saturated heterocycles. The van der Waals surface area contributed by atoms with Crippen molar-refractivity contribution < 1.29 is 14.8 Å². The van der Waals surface area contributed by atoms with E-state index in [0.717, 1.165) is 0 Å². The van der Waals surface area contributed by atoms with Gasteiger partial charge in [-0.1, -0.05) is 0 Å². The summed E-state index contributed by atoms with van der Waals surface area (Å²) in [5.74, 6) is -0.586. The number of carbonyl (C=O) groups excluding carboxylic acids is 2. The number of anilines is 1. The van der Waals surface area contributed by atoms with Crippen LogP contribution in [0.15, 0.2) is 24.3 Å². The Hall–Kier alpha value is -1.88. The molecule has 0 fully saturated rings. The van der Waals surface area contributed by atoms with Crippen LogP contribution in [-0.2, 0) is 4.79 Å². The van der Waals surface area contributed by atoms with Crippen molar-refractivity contribution >= 4 is 18.0 Å². The molecule has 1 rings (SSSR count). The van der Waals surface area contributed by atoms with Gasteiger partial charge in [0.05, 0.1) is 0 Å². The summed E-state index contributed by atoms with van der Waals surface area (Å²) in [7, 11) is 0. The first-order valence-corrected chi connectivity index (χ1v) is 3.52. The Labute approximate surface area is 74.3 Å². The zero-order valence-electron chi connectivity index (χ0n) is 6.65. The Balaban J connectivity index is 2.80. The number of carbonyl (C=O) groups is 2. The molecule has 0 aromatic heterocycles. The van der Waals surface area contributed by atoms with Crippen LogP contribution in [0.5, 0.6) is 0 Å². The molecule has 1 aromatic carbocycles. The molecule has 13 heavy (non-hydrogen) atoms. The van der Waals surface area contributed by atoms with Crippen molar-refractivity contribution in [1.82, 2.24) is 5.48 Å². The predicted octanol–water partition coefficient (Wildman–Crippen LogP) is 0.374. The summed E-state index contributed by atoms with van der Waals surface area (Å²) < 4.78 is 0. The van der Waals surface area contributed by atoms with E-state index in [4.69, 9.17) is 5.21 Å². The maximum Gasteiger partial charge on any atom is 0.274 e. The molecule has 0 aliphatic rings. The van der Waals surface area contributed by atoms with Crippen molar-refractivity contribution in [3.63, 3.8) is 0 Å². The highest BCUT2D eigenvalue weighted by molar-refractivity contribution is 5.93. The van der Waals surface area contributed by atoms with Crippen LogP contribution in [0, 0.1) is 0 Å². The Morgan fingerprint density at radius 2 is 1.92 bits per heavy atom. The van der Waals surface area contributed by atoms with Gasteiger partial charge in [-0.05, 0) is 24.3 Å². The lowest BCUT2D eigenvalue weighted by molar-refractivity contribution is -0.105. The van der Waals surface area contributed by atoms with Crippen molar-refractivity contribution in [2.24, 2.45) is 0 Å². The van der Waals surface area contributed by atoms with Gasteiger partial charge in [-0.25, -0.2) is 5.48 Å². The Morgan fingerprint density at radius 3 is 2.38 bits per heavy atom. The van der Waals surface area contributed by atoms with Gasteiger partial charge >= 0.3 is 0 Å². The maximum absolute atomic E-state index is 10.8. The first kappa shape index (κ1) is 9.21. The lowest BCUT2D eigenvalue weighted by atomic mass is 10.2. The Morgan fingerprint density at radius 1 is 1.31 bits per heavy atom. The molecule has 2 amide bonds. The van der Waals surface area contributed by atoms with Gasteiger partial charge in [0.1, 0.15) is 0 Å². The summed E-state index contributed by atoms with van der Waals surface area (Å²) in [5, 5.41) is 10.7. The van der Waals surface area contributed by atoms with Crippen molar-refractivity contribution in [1.29, 1.82) is 0 Å². The molecule has 3 N–H and O–H groups in total. The molecular weight excluding hydrogens is 172 g/mol. The molecule has 0 atom stereocenters. The molecule has 0 radical (unpaired) electrons. The van der Waals surface area contributed by atoms with E-state index in [2.05, 4.69) is 5.32 Å². The smallest absolute Gasteiger partial charge is 0.274 e. The molecule has 68 valence electrons. The highest BCUT2D eigenvalue weighted by atomic mass is 16.5. The minimum Gasteiger partial charge on any atom is -0.329 e. The topological polar surface area (TPSA) is 78.4 Å². The number of nitrogens with one attached hydrogen (secondary N) is 2. The summed E-state index contributed by atoms with van der Waals surface area (Å²) in [6.45, 7) is 0. The van der Waals surface area contributed by atoms with Crippen LogP contribution < -0.4 is 10.8 Å². The second-order valence-corrected chi connectivity index (χ2v) is 2.28. The minimum absolute atomic E-state index is 0.318. The largest absolute Gasteiger partial charge is 0.329 e. The molecule has 0 spiro atoms. The van der Waals surface area contributed by atoms with Crippen LogP contribution in [0.2, 0.25) is 0 Å². The second kappa shape index (κ2) is 4.22. The quantitative estimate of drug-likeness (QED) is 0.357. The molecule has 0 saturated carbocycles. The van der Waals surface area contributed by atoms with E-state index in [9.17, 15) is 9.59 Å². The molecule has 0 heterocycles. The number of rotatable bonds is 3. The average Bonchev–Trinajstić information content (AvgIpc) is 2.18. The van der Waals surface area contributed by atoms with Crippen LogP contribution in [-0.4, -0.2) is 17.5 Å². The molecule has 0 aliphatic carbocycles. The number of amides is 2. The number of hydrogen-bond donors (Lipinski definition) is 3. The SMILES string of the molecule is O=CNc1ccc(C(=O)NO)cc1. The minimum atomic E-state index is -0.586. The van der Waals surface area contributed by atoms with Crippen LogP contribution in [0.1, 0.15) is 10.4 Å². The van der Waals surface area contributed by atoms with Gasteiger partial charge in [0, 0.05) is 11.3 Å². The maximum atomic E-state index is 10.8. The first-order chi connectivity index (χ1) is 6.27. The van der Waals surface area contributed by atoms with E-state index >= 15 is 0 Å². The van der Waals surface area contributed by atoms with Gasteiger partial charge in [0.15, 0.2) is 0 Å². The summed E-state index contributed by atoms with van der Waals surface area (Å²) in [5.41, 5.74) is 2.41. The fraction of sp³-hybridized carbons (Fsp3) is 0. The Bertz CT molecular complexity index is 308. The number of hydroxylamine groups is 1. The van der Waals surface area contributed by atoms with E-state index in [1.807, 2.05) is 0 Å². The third kappa shape index (κ3) is 2.28. The van der Waals surface area contributed by atoms with E-state index in [-0.39, 0.29) is 0 Å². The normalized spacial score (nSPS) is 9.00. The summed E-state index contributed by atoms with van der Waals surface area (Å²) in [6, 6.07) is 6.08. The van der Waals surface area contributed by atoms with Crippen molar-refractivity contribution in [3.8, 4) is 0 Å². The molecular formula is C8H8N2O3. The van der Waals surface area contributed by atoms with Crippen molar-refractivity contribution in [2.45, 2.75) is 0 Å². The van der Waals surface area contributed by atoms with Gasteiger partial charge in [0.25, 0.3) is 5.91 Å². The van der Waals surface area contributed by atoms with E-state index in [1.54, 1.807) is 12.1 Å². The van der Waals surface area contributed by atoms with Gasteiger partial charge < -0.3 is 5.32 Å². The van der Waals surface area contributed by atoms with Crippen LogP contribution >= 0.6 is 0 Å². The monoisotopic (exact) mass is 180 g/mol. The molecule has 5 nitrogen and oxygen atoms in total. The lowest BCUT2D eigenvalue weighted by Gasteiger charge is -2.00.